The number of hydrogen-bond acceptors (Lipinski definition) is 3. The number of aromatic carboxylic acids is 1. The Hall–Kier alpha value is -1.97. The van der Waals surface area contributed by atoms with Crippen molar-refractivity contribution >= 4 is 16.9 Å². The summed E-state index contributed by atoms with van der Waals surface area (Å²) in [6, 6.07) is 3.99. The molecule has 0 unspecified atom stereocenters. The summed E-state index contributed by atoms with van der Waals surface area (Å²) < 4.78 is 11.6. The first-order chi connectivity index (χ1) is 9.78. The number of ether oxygens (including phenoxy) is 1. The zero-order valence-corrected chi connectivity index (χ0v) is 12.8. The zero-order chi connectivity index (χ0) is 15.4. The minimum Gasteiger partial charge on any atom is -0.483 e. The number of fused-ring (bicyclic) bond motifs is 3. The molecule has 0 saturated carbocycles. The molecule has 1 aliphatic rings. The maximum atomic E-state index is 11.5. The predicted molar refractivity (Wildman–Crippen MR) is 80.1 cm³/mol. The Morgan fingerprint density at radius 3 is 2.71 bits per heavy atom. The van der Waals surface area contributed by atoms with Gasteiger partial charge in [-0.15, -0.1) is 0 Å². The van der Waals surface area contributed by atoms with Crippen LogP contribution in [-0.4, -0.2) is 16.7 Å². The summed E-state index contributed by atoms with van der Waals surface area (Å²) in [5.74, 6) is 0.0813. The number of carboxylic acids is 1. The summed E-state index contributed by atoms with van der Waals surface area (Å²) in [5.41, 5.74) is 2.15. The van der Waals surface area contributed by atoms with Crippen LogP contribution in [0.15, 0.2) is 16.5 Å². The molecule has 0 saturated heterocycles. The van der Waals surface area contributed by atoms with Gasteiger partial charge in [0.15, 0.2) is 11.3 Å². The number of benzene rings is 1. The van der Waals surface area contributed by atoms with Crippen molar-refractivity contribution in [1.82, 2.24) is 0 Å². The lowest BCUT2D eigenvalue weighted by atomic mass is 9.97. The van der Waals surface area contributed by atoms with Gasteiger partial charge >= 0.3 is 5.97 Å². The van der Waals surface area contributed by atoms with Crippen molar-refractivity contribution in [2.75, 3.05) is 0 Å². The molecule has 0 amide bonds. The Balaban J connectivity index is 2.24. The molecule has 4 nitrogen and oxygen atoms in total. The molecule has 1 aromatic heterocycles. The summed E-state index contributed by atoms with van der Waals surface area (Å²) in [5, 5.41) is 10.3. The Kier molecular flexibility index (Phi) is 3.01. The molecule has 0 fully saturated rings. The third-order valence-corrected chi connectivity index (χ3v) is 3.80. The van der Waals surface area contributed by atoms with E-state index in [0.717, 1.165) is 22.9 Å². The fraction of sp³-hybridized carbons (Fsp3) is 0.471. The molecule has 1 N–H and O–H groups in total. The molecule has 21 heavy (non-hydrogen) atoms. The molecule has 0 aliphatic carbocycles. The van der Waals surface area contributed by atoms with Gasteiger partial charge in [0.1, 0.15) is 5.60 Å². The van der Waals surface area contributed by atoms with Crippen molar-refractivity contribution in [1.29, 1.82) is 0 Å². The quantitative estimate of drug-likeness (QED) is 0.925. The van der Waals surface area contributed by atoms with E-state index >= 15 is 0 Å². The molecule has 3 rings (SSSR count). The molecule has 4 heteroatoms. The molecule has 1 aliphatic heterocycles. The van der Waals surface area contributed by atoms with E-state index in [2.05, 4.69) is 13.8 Å². The van der Waals surface area contributed by atoms with Gasteiger partial charge < -0.3 is 14.3 Å². The Morgan fingerprint density at radius 1 is 1.38 bits per heavy atom. The highest BCUT2D eigenvalue weighted by Gasteiger charge is 2.34. The summed E-state index contributed by atoms with van der Waals surface area (Å²) >= 11 is 0. The van der Waals surface area contributed by atoms with Crippen LogP contribution < -0.4 is 4.74 Å². The molecule has 0 radical (unpaired) electrons. The predicted octanol–water partition coefficient (Wildman–Crippen LogP) is 4.04. The second-order valence-electron chi connectivity index (χ2n) is 6.78. The van der Waals surface area contributed by atoms with E-state index in [-0.39, 0.29) is 11.4 Å². The number of hydrogen-bond donors (Lipinski definition) is 1. The summed E-state index contributed by atoms with van der Waals surface area (Å²) in [6.45, 7) is 8.18. The summed E-state index contributed by atoms with van der Waals surface area (Å²) in [6.07, 6.45) is 1.48. The highest BCUT2D eigenvalue weighted by Crippen LogP contribution is 2.43. The van der Waals surface area contributed by atoms with E-state index in [0.29, 0.717) is 23.7 Å². The van der Waals surface area contributed by atoms with Gasteiger partial charge in [-0.25, -0.2) is 4.79 Å². The molecule has 0 bridgehead atoms. The fourth-order valence-corrected chi connectivity index (χ4v) is 3.03. The van der Waals surface area contributed by atoms with E-state index < -0.39 is 5.97 Å². The standard InChI is InChI=1S/C17H20O4/c1-9(2)7-12-11-6-5-10-8-17(3,4)21-13(10)14(11)20-15(12)16(18)19/h5-6,9H,7-8H2,1-4H3,(H,18,19). The highest BCUT2D eigenvalue weighted by molar-refractivity contribution is 5.97. The Labute approximate surface area is 123 Å². The van der Waals surface area contributed by atoms with Gasteiger partial charge in [0.05, 0.1) is 0 Å². The van der Waals surface area contributed by atoms with Crippen LogP contribution in [0, 0.1) is 5.92 Å². The van der Waals surface area contributed by atoms with E-state index in [1.807, 2.05) is 26.0 Å². The van der Waals surface area contributed by atoms with E-state index in [9.17, 15) is 9.90 Å². The van der Waals surface area contributed by atoms with Crippen LogP contribution >= 0.6 is 0 Å². The average Bonchev–Trinajstić information content (AvgIpc) is 2.85. The Bertz CT molecular complexity index is 722. The van der Waals surface area contributed by atoms with Gasteiger partial charge in [-0.05, 0) is 26.2 Å². The van der Waals surface area contributed by atoms with Gasteiger partial charge in [-0.2, -0.15) is 0 Å². The molecular weight excluding hydrogens is 268 g/mol. The molecular formula is C17H20O4. The summed E-state index contributed by atoms with van der Waals surface area (Å²) in [4.78, 5) is 11.5. The van der Waals surface area contributed by atoms with Crippen molar-refractivity contribution in [2.24, 2.45) is 5.92 Å². The van der Waals surface area contributed by atoms with Gasteiger partial charge in [0, 0.05) is 22.9 Å². The maximum Gasteiger partial charge on any atom is 0.372 e. The van der Waals surface area contributed by atoms with Gasteiger partial charge in [-0.1, -0.05) is 26.0 Å². The van der Waals surface area contributed by atoms with E-state index in [1.54, 1.807) is 0 Å². The van der Waals surface area contributed by atoms with Gasteiger partial charge in [0.2, 0.25) is 5.76 Å². The summed E-state index contributed by atoms with van der Waals surface area (Å²) in [7, 11) is 0. The van der Waals surface area contributed by atoms with E-state index in [4.69, 9.17) is 9.15 Å². The monoisotopic (exact) mass is 288 g/mol. The molecule has 0 spiro atoms. The first kappa shape index (κ1) is 14.0. The van der Waals surface area contributed by atoms with Crippen molar-refractivity contribution in [3.63, 3.8) is 0 Å². The van der Waals surface area contributed by atoms with Crippen molar-refractivity contribution in [3.05, 3.63) is 29.0 Å². The van der Waals surface area contributed by atoms with Gasteiger partial charge in [0.25, 0.3) is 0 Å². The number of carbonyl (C=O) groups is 1. The number of carboxylic acid groups (broad SMARTS) is 1. The fourth-order valence-electron chi connectivity index (χ4n) is 3.03. The second kappa shape index (κ2) is 4.52. The highest BCUT2D eigenvalue weighted by atomic mass is 16.5. The van der Waals surface area contributed by atoms with Crippen LogP contribution in [-0.2, 0) is 12.8 Å². The minimum absolute atomic E-state index is 0.0420. The van der Waals surface area contributed by atoms with E-state index in [1.165, 1.54) is 0 Å². The number of furan rings is 1. The normalized spacial score (nSPS) is 16.2. The lowest BCUT2D eigenvalue weighted by Gasteiger charge is -2.16. The smallest absolute Gasteiger partial charge is 0.372 e. The second-order valence-corrected chi connectivity index (χ2v) is 6.78. The van der Waals surface area contributed by atoms with Crippen LogP contribution in [0.3, 0.4) is 0 Å². The topological polar surface area (TPSA) is 59.7 Å². The lowest BCUT2D eigenvalue weighted by Crippen LogP contribution is -2.24. The van der Waals surface area contributed by atoms with Crippen LogP contribution in [0.4, 0.5) is 0 Å². The third kappa shape index (κ3) is 2.28. The van der Waals surface area contributed by atoms with Gasteiger partial charge in [-0.3, -0.25) is 0 Å². The van der Waals surface area contributed by atoms with Crippen molar-refractivity contribution < 1.29 is 19.1 Å². The Morgan fingerprint density at radius 2 is 2.10 bits per heavy atom. The first-order valence-corrected chi connectivity index (χ1v) is 7.28. The molecule has 1 aromatic carbocycles. The van der Waals surface area contributed by atoms with Crippen molar-refractivity contribution in [2.45, 2.75) is 46.1 Å². The number of rotatable bonds is 3. The van der Waals surface area contributed by atoms with Crippen molar-refractivity contribution in [3.8, 4) is 5.75 Å². The van der Waals surface area contributed by atoms with Crippen LogP contribution in [0.25, 0.3) is 11.0 Å². The molecule has 2 heterocycles. The van der Waals surface area contributed by atoms with Crippen LogP contribution in [0.1, 0.15) is 49.4 Å². The van der Waals surface area contributed by atoms with Crippen LogP contribution in [0.2, 0.25) is 0 Å². The third-order valence-electron chi connectivity index (χ3n) is 3.80. The molecule has 0 atom stereocenters. The zero-order valence-electron chi connectivity index (χ0n) is 12.8. The molecule has 2 aromatic rings. The lowest BCUT2D eigenvalue weighted by molar-refractivity contribution is 0.0663. The maximum absolute atomic E-state index is 11.5. The first-order valence-electron chi connectivity index (χ1n) is 7.28. The largest absolute Gasteiger partial charge is 0.483 e. The molecule has 112 valence electrons. The SMILES string of the molecule is CC(C)Cc1c(C(=O)O)oc2c3c(ccc12)CC(C)(C)O3. The minimum atomic E-state index is -1.02. The van der Waals surface area contributed by atoms with Crippen LogP contribution in [0.5, 0.6) is 5.75 Å². The average molecular weight is 288 g/mol.